The van der Waals surface area contributed by atoms with Crippen LogP contribution in [0.3, 0.4) is 0 Å². The predicted octanol–water partition coefficient (Wildman–Crippen LogP) is 1.58. The van der Waals surface area contributed by atoms with Gasteiger partial charge in [-0.3, -0.25) is 5.41 Å². The Morgan fingerprint density at radius 2 is 2.50 bits per heavy atom. The van der Waals surface area contributed by atoms with Crippen LogP contribution in [0.4, 0.5) is 0 Å². The average molecular weight is 113 g/mol. The van der Waals surface area contributed by atoms with Crippen molar-refractivity contribution in [3.8, 4) is 0 Å². The SMILES string of the molecule is C=CCCC(=N)OC. The molecule has 1 N–H and O–H groups in total. The van der Waals surface area contributed by atoms with Gasteiger partial charge < -0.3 is 4.74 Å². The molecule has 0 aliphatic rings. The summed E-state index contributed by atoms with van der Waals surface area (Å²) >= 11 is 0. The van der Waals surface area contributed by atoms with E-state index in [1.807, 2.05) is 0 Å². The van der Waals surface area contributed by atoms with Crippen LogP contribution >= 0.6 is 0 Å². The van der Waals surface area contributed by atoms with Gasteiger partial charge in [0.05, 0.1) is 7.11 Å². The lowest BCUT2D eigenvalue weighted by Gasteiger charge is -1.96. The van der Waals surface area contributed by atoms with Gasteiger partial charge in [0.2, 0.25) is 0 Å². The Morgan fingerprint density at radius 3 is 2.88 bits per heavy atom. The number of ether oxygens (including phenoxy) is 1. The first kappa shape index (κ1) is 7.21. The van der Waals surface area contributed by atoms with E-state index in [0.29, 0.717) is 12.3 Å². The number of nitrogens with one attached hydrogen (secondary N) is 1. The molecule has 0 aliphatic carbocycles. The average Bonchev–Trinajstić information content (AvgIpc) is 1.83. The predicted molar refractivity (Wildman–Crippen MR) is 34.2 cm³/mol. The van der Waals surface area contributed by atoms with E-state index < -0.39 is 0 Å². The molecule has 0 saturated heterocycles. The second kappa shape index (κ2) is 4.37. The monoisotopic (exact) mass is 113 g/mol. The quantitative estimate of drug-likeness (QED) is 0.336. The van der Waals surface area contributed by atoms with Gasteiger partial charge >= 0.3 is 0 Å². The molecular formula is C6H11NO. The highest BCUT2D eigenvalue weighted by Gasteiger charge is 1.88. The van der Waals surface area contributed by atoms with E-state index >= 15 is 0 Å². The minimum atomic E-state index is 0.324. The summed E-state index contributed by atoms with van der Waals surface area (Å²) < 4.78 is 4.59. The van der Waals surface area contributed by atoms with Crippen molar-refractivity contribution in [2.75, 3.05) is 7.11 Å². The smallest absolute Gasteiger partial charge is 0.180 e. The van der Waals surface area contributed by atoms with Crippen LogP contribution in [-0.4, -0.2) is 13.0 Å². The summed E-state index contributed by atoms with van der Waals surface area (Å²) in [6.07, 6.45) is 3.26. The van der Waals surface area contributed by atoms with E-state index in [2.05, 4.69) is 11.3 Å². The van der Waals surface area contributed by atoms with Crippen LogP contribution in [0.15, 0.2) is 12.7 Å². The lowest BCUT2D eigenvalue weighted by atomic mass is 10.3. The van der Waals surface area contributed by atoms with Crippen molar-refractivity contribution in [2.45, 2.75) is 12.8 Å². The summed E-state index contributed by atoms with van der Waals surface area (Å²) in [5, 5.41) is 6.97. The van der Waals surface area contributed by atoms with Crippen molar-refractivity contribution in [1.29, 1.82) is 5.41 Å². The van der Waals surface area contributed by atoms with Crippen LogP contribution in [0.1, 0.15) is 12.8 Å². The van der Waals surface area contributed by atoms with Crippen molar-refractivity contribution in [2.24, 2.45) is 0 Å². The Labute approximate surface area is 49.7 Å². The van der Waals surface area contributed by atoms with Crippen molar-refractivity contribution in [1.82, 2.24) is 0 Å². The van der Waals surface area contributed by atoms with E-state index in [4.69, 9.17) is 5.41 Å². The molecule has 2 heteroatoms. The first-order valence-electron chi connectivity index (χ1n) is 2.53. The largest absolute Gasteiger partial charge is 0.484 e. The van der Waals surface area contributed by atoms with Gasteiger partial charge in [-0.1, -0.05) is 6.08 Å². The van der Waals surface area contributed by atoms with E-state index in [-0.39, 0.29) is 0 Å². The maximum atomic E-state index is 6.97. The second-order valence-electron chi connectivity index (χ2n) is 1.45. The summed E-state index contributed by atoms with van der Waals surface area (Å²) in [6, 6.07) is 0. The summed E-state index contributed by atoms with van der Waals surface area (Å²) in [5.41, 5.74) is 0. The van der Waals surface area contributed by atoms with Crippen LogP contribution in [0.5, 0.6) is 0 Å². The highest BCUT2D eigenvalue weighted by Crippen LogP contribution is 1.90. The molecule has 0 fully saturated rings. The third kappa shape index (κ3) is 3.40. The Morgan fingerprint density at radius 1 is 1.88 bits per heavy atom. The van der Waals surface area contributed by atoms with E-state index in [1.54, 1.807) is 6.08 Å². The molecule has 2 nitrogen and oxygen atoms in total. The van der Waals surface area contributed by atoms with Crippen molar-refractivity contribution in [3.05, 3.63) is 12.7 Å². The van der Waals surface area contributed by atoms with E-state index in [0.717, 1.165) is 6.42 Å². The van der Waals surface area contributed by atoms with Gasteiger partial charge in [-0.2, -0.15) is 0 Å². The van der Waals surface area contributed by atoms with Crippen LogP contribution < -0.4 is 0 Å². The zero-order valence-electron chi connectivity index (χ0n) is 5.11. The lowest BCUT2D eigenvalue weighted by Crippen LogP contribution is -1.96. The molecule has 0 spiro atoms. The maximum absolute atomic E-state index is 6.97. The molecule has 0 unspecified atom stereocenters. The summed E-state index contributed by atoms with van der Waals surface area (Å²) in [4.78, 5) is 0. The minimum absolute atomic E-state index is 0.324. The van der Waals surface area contributed by atoms with Gasteiger partial charge in [-0.25, -0.2) is 0 Å². The number of hydrogen-bond donors (Lipinski definition) is 1. The molecule has 0 rings (SSSR count). The van der Waals surface area contributed by atoms with Gasteiger partial charge in [0, 0.05) is 6.42 Å². The van der Waals surface area contributed by atoms with Crippen LogP contribution in [0.2, 0.25) is 0 Å². The molecule has 0 aromatic heterocycles. The fourth-order valence-electron chi connectivity index (χ4n) is 0.335. The minimum Gasteiger partial charge on any atom is -0.484 e. The first-order valence-corrected chi connectivity index (χ1v) is 2.53. The maximum Gasteiger partial charge on any atom is 0.180 e. The van der Waals surface area contributed by atoms with Crippen molar-refractivity contribution >= 4 is 5.90 Å². The number of hydrogen-bond acceptors (Lipinski definition) is 2. The van der Waals surface area contributed by atoms with Crippen molar-refractivity contribution < 1.29 is 4.74 Å². The van der Waals surface area contributed by atoms with E-state index in [1.165, 1.54) is 7.11 Å². The molecule has 0 heterocycles. The molecule has 0 aromatic rings. The number of allylic oxidation sites excluding steroid dienone is 1. The molecule has 0 amide bonds. The normalized spacial score (nSPS) is 8.12. The Kier molecular flexibility index (Phi) is 3.94. The van der Waals surface area contributed by atoms with Gasteiger partial charge in [-0.05, 0) is 6.42 Å². The Hall–Kier alpha value is -0.790. The fraction of sp³-hybridized carbons (Fsp3) is 0.500. The third-order valence-corrected chi connectivity index (χ3v) is 0.822. The van der Waals surface area contributed by atoms with Crippen LogP contribution in [0.25, 0.3) is 0 Å². The molecule has 46 valence electrons. The topological polar surface area (TPSA) is 33.1 Å². The summed E-state index contributed by atoms with van der Waals surface area (Å²) in [6.45, 7) is 3.51. The van der Waals surface area contributed by atoms with Gasteiger partial charge in [0.15, 0.2) is 5.90 Å². The molecular weight excluding hydrogens is 102 g/mol. The lowest BCUT2D eigenvalue weighted by molar-refractivity contribution is 0.386. The first-order chi connectivity index (χ1) is 3.81. The zero-order valence-corrected chi connectivity index (χ0v) is 5.11. The zero-order chi connectivity index (χ0) is 6.41. The van der Waals surface area contributed by atoms with Crippen LogP contribution in [0, 0.1) is 5.41 Å². The Bertz CT molecular complexity index is 88.5. The number of methoxy groups -OCH3 is 1. The van der Waals surface area contributed by atoms with Crippen LogP contribution in [-0.2, 0) is 4.74 Å². The highest BCUT2D eigenvalue weighted by atomic mass is 16.5. The molecule has 8 heavy (non-hydrogen) atoms. The van der Waals surface area contributed by atoms with Gasteiger partial charge in [0.25, 0.3) is 0 Å². The standard InChI is InChI=1S/C6H11NO/c1-3-4-5-6(7)8-2/h3,7H,1,4-5H2,2H3. The molecule has 0 aliphatic heterocycles. The number of rotatable bonds is 3. The van der Waals surface area contributed by atoms with Crippen molar-refractivity contribution in [3.63, 3.8) is 0 Å². The summed E-state index contributed by atoms with van der Waals surface area (Å²) in [7, 11) is 1.51. The molecule has 0 saturated carbocycles. The fourth-order valence-corrected chi connectivity index (χ4v) is 0.335. The van der Waals surface area contributed by atoms with E-state index in [9.17, 15) is 0 Å². The highest BCUT2D eigenvalue weighted by molar-refractivity contribution is 5.72. The molecule has 0 atom stereocenters. The van der Waals surface area contributed by atoms with Gasteiger partial charge in [0.1, 0.15) is 0 Å². The Balaban J connectivity index is 3.11. The summed E-state index contributed by atoms with van der Waals surface area (Å²) in [5.74, 6) is 0.324. The molecule has 0 bridgehead atoms. The molecule has 0 aromatic carbocycles. The third-order valence-electron chi connectivity index (χ3n) is 0.822. The molecule has 0 radical (unpaired) electrons. The van der Waals surface area contributed by atoms with Gasteiger partial charge in [-0.15, -0.1) is 6.58 Å². The second-order valence-corrected chi connectivity index (χ2v) is 1.45.